The highest BCUT2D eigenvalue weighted by Crippen LogP contribution is 2.17. The van der Waals surface area contributed by atoms with Gasteiger partial charge in [-0.1, -0.05) is 22.9 Å². The molecule has 0 radical (unpaired) electrons. The van der Waals surface area contributed by atoms with E-state index in [4.69, 9.17) is 5.11 Å². The summed E-state index contributed by atoms with van der Waals surface area (Å²) in [4.78, 5) is 0. The molecule has 0 rings (SSSR count). The fraction of sp³-hybridized carbons (Fsp3) is 1.00. The van der Waals surface area contributed by atoms with Gasteiger partial charge in [-0.25, -0.2) is 0 Å². The predicted octanol–water partition coefficient (Wildman–Crippen LogP) is 1.68. The maximum absolute atomic E-state index is 9.54. The molecule has 0 bridgehead atoms. The number of aliphatic hydroxyl groups is 2. The first-order valence-corrected chi connectivity index (χ1v) is 5.10. The van der Waals surface area contributed by atoms with Crippen LogP contribution in [0.25, 0.3) is 0 Å². The molecule has 0 aromatic rings. The molecule has 0 saturated heterocycles. The van der Waals surface area contributed by atoms with E-state index < -0.39 is 5.60 Å². The number of alkyl halides is 1. The van der Waals surface area contributed by atoms with Gasteiger partial charge in [0.15, 0.2) is 0 Å². The Labute approximate surface area is 76.7 Å². The summed E-state index contributed by atoms with van der Waals surface area (Å²) in [6, 6.07) is 0. The zero-order chi connectivity index (χ0) is 8.91. The zero-order valence-corrected chi connectivity index (χ0v) is 8.76. The molecular formula is C8H17BrO2. The van der Waals surface area contributed by atoms with Gasteiger partial charge < -0.3 is 10.2 Å². The summed E-state index contributed by atoms with van der Waals surface area (Å²) < 4.78 is 0. The van der Waals surface area contributed by atoms with E-state index in [1.54, 1.807) is 6.92 Å². The van der Waals surface area contributed by atoms with Crippen LogP contribution in [0.1, 0.15) is 33.1 Å². The lowest BCUT2D eigenvalue weighted by Crippen LogP contribution is -2.25. The van der Waals surface area contributed by atoms with Crippen LogP contribution in [0.3, 0.4) is 0 Å². The summed E-state index contributed by atoms with van der Waals surface area (Å²) in [6.07, 6.45) is 1.73. The summed E-state index contributed by atoms with van der Waals surface area (Å²) in [5.41, 5.74) is -0.608. The van der Waals surface area contributed by atoms with Crippen LogP contribution in [0.5, 0.6) is 0 Å². The molecular weight excluding hydrogens is 208 g/mol. The van der Waals surface area contributed by atoms with Crippen molar-refractivity contribution < 1.29 is 10.2 Å². The fourth-order valence-corrected chi connectivity index (χ4v) is 1.06. The average Bonchev–Trinajstić information content (AvgIpc) is 2.00. The molecule has 0 amide bonds. The molecule has 1 unspecified atom stereocenters. The van der Waals surface area contributed by atoms with Crippen LogP contribution in [0, 0.1) is 0 Å². The van der Waals surface area contributed by atoms with E-state index in [0.29, 0.717) is 18.2 Å². The van der Waals surface area contributed by atoms with Gasteiger partial charge in [-0.3, -0.25) is 0 Å². The summed E-state index contributed by atoms with van der Waals surface area (Å²) in [7, 11) is 0. The van der Waals surface area contributed by atoms with Crippen LogP contribution in [0.4, 0.5) is 0 Å². The molecule has 0 aliphatic carbocycles. The van der Waals surface area contributed by atoms with E-state index in [1.165, 1.54) is 0 Å². The van der Waals surface area contributed by atoms with Crippen molar-refractivity contribution in [2.75, 3.05) is 5.33 Å². The molecule has 0 fully saturated rings. The SMILES string of the molecule is CCC(C)(O)CC[C@H](O)CBr. The summed E-state index contributed by atoms with van der Waals surface area (Å²) in [5.74, 6) is 0. The zero-order valence-electron chi connectivity index (χ0n) is 7.18. The molecule has 0 aromatic heterocycles. The molecule has 0 aliphatic heterocycles. The van der Waals surface area contributed by atoms with Gasteiger partial charge in [0.25, 0.3) is 0 Å². The molecule has 0 aromatic carbocycles. The quantitative estimate of drug-likeness (QED) is 0.699. The monoisotopic (exact) mass is 224 g/mol. The van der Waals surface area contributed by atoms with Gasteiger partial charge in [0.1, 0.15) is 0 Å². The van der Waals surface area contributed by atoms with Crippen molar-refractivity contribution in [1.29, 1.82) is 0 Å². The van der Waals surface area contributed by atoms with Crippen molar-refractivity contribution in [3.63, 3.8) is 0 Å². The van der Waals surface area contributed by atoms with E-state index in [0.717, 1.165) is 6.42 Å². The van der Waals surface area contributed by atoms with Crippen molar-refractivity contribution in [3.05, 3.63) is 0 Å². The Hall–Kier alpha value is 0.400. The second-order valence-corrected chi connectivity index (χ2v) is 3.84. The standard InChI is InChI=1S/C8H17BrO2/c1-3-8(2,11)5-4-7(10)6-9/h7,10-11H,3-6H2,1-2H3/t7-,8?/m0/s1. The number of aliphatic hydroxyl groups excluding tert-OH is 1. The highest BCUT2D eigenvalue weighted by molar-refractivity contribution is 9.09. The third kappa shape index (κ3) is 5.65. The molecule has 3 heteroatoms. The van der Waals surface area contributed by atoms with Crippen LogP contribution in [-0.2, 0) is 0 Å². The summed E-state index contributed by atoms with van der Waals surface area (Å²) >= 11 is 3.17. The first-order chi connectivity index (χ1) is 5.02. The minimum atomic E-state index is -0.608. The van der Waals surface area contributed by atoms with Gasteiger partial charge in [0.2, 0.25) is 0 Å². The predicted molar refractivity (Wildman–Crippen MR) is 49.9 cm³/mol. The minimum Gasteiger partial charge on any atom is -0.392 e. The average molecular weight is 225 g/mol. The molecule has 2 N–H and O–H groups in total. The van der Waals surface area contributed by atoms with Gasteiger partial charge in [-0.05, 0) is 26.2 Å². The highest BCUT2D eigenvalue weighted by atomic mass is 79.9. The largest absolute Gasteiger partial charge is 0.392 e. The van der Waals surface area contributed by atoms with Gasteiger partial charge in [0.05, 0.1) is 11.7 Å². The minimum absolute atomic E-state index is 0.326. The molecule has 0 heterocycles. The van der Waals surface area contributed by atoms with Crippen molar-refractivity contribution in [2.24, 2.45) is 0 Å². The highest BCUT2D eigenvalue weighted by Gasteiger charge is 2.18. The molecule has 68 valence electrons. The van der Waals surface area contributed by atoms with Crippen LogP contribution in [0.15, 0.2) is 0 Å². The Morgan fingerprint density at radius 3 is 2.45 bits per heavy atom. The van der Waals surface area contributed by atoms with Gasteiger partial charge in [-0.2, -0.15) is 0 Å². The van der Waals surface area contributed by atoms with E-state index >= 15 is 0 Å². The second-order valence-electron chi connectivity index (χ2n) is 3.20. The van der Waals surface area contributed by atoms with E-state index in [1.807, 2.05) is 6.92 Å². The maximum Gasteiger partial charge on any atom is 0.0638 e. The first kappa shape index (κ1) is 11.4. The molecule has 2 atom stereocenters. The van der Waals surface area contributed by atoms with Crippen LogP contribution < -0.4 is 0 Å². The van der Waals surface area contributed by atoms with Gasteiger partial charge >= 0.3 is 0 Å². The van der Waals surface area contributed by atoms with Gasteiger partial charge in [-0.15, -0.1) is 0 Å². The van der Waals surface area contributed by atoms with Crippen molar-refractivity contribution in [3.8, 4) is 0 Å². The molecule has 0 spiro atoms. The van der Waals surface area contributed by atoms with Crippen molar-refractivity contribution in [2.45, 2.75) is 44.8 Å². The van der Waals surface area contributed by atoms with E-state index in [-0.39, 0.29) is 6.10 Å². The lowest BCUT2D eigenvalue weighted by Gasteiger charge is -2.21. The lowest BCUT2D eigenvalue weighted by atomic mass is 9.96. The maximum atomic E-state index is 9.54. The van der Waals surface area contributed by atoms with Gasteiger partial charge in [0, 0.05) is 5.33 Å². The number of rotatable bonds is 5. The molecule has 0 aliphatic rings. The Morgan fingerprint density at radius 1 is 1.55 bits per heavy atom. The third-order valence-electron chi connectivity index (χ3n) is 1.96. The third-order valence-corrected chi connectivity index (χ3v) is 2.70. The van der Waals surface area contributed by atoms with Crippen LogP contribution >= 0.6 is 15.9 Å². The number of halogens is 1. The Bertz CT molecular complexity index is 104. The van der Waals surface area contributed by atoms with Crippen molar-refractivity contribution >= 4 is 15.9 Å². The molecule has 11 heavy (non-hydrogen) atoms. The van der Waals surface area contributed by atoms with E-state index in [2.05, 4.69) is 15.9 Å². The first-order valence-electron chi connectivity index (χ1n) is 3.98. The topological polar surface area (TPSA) is 40.5 Å². The van der Waals surface area contributed by atoms with Crippen LogP contribution in [0.2, 0.25) is 0 Å². The Balaban J connectivity index is 3.52. The fourth-order valence-electron chi connectivity index (χ4n) is 0.731. The number of hydrogen-bond acceptors (Lipinski definition) is 2. The Morgan fingerprint density at radius 2 is 2.09 bits per heavy atom. The smallest absolute Gasteiger partial charge is 0.0638 e. The summed E-state index contributed by atoms with van der Waals surface area (Å²) in [6.45, 7) is 3.74. The normalized spacial score (nSPS) is 19.4. The van der Waals surface area contributed by atoms with Crippen LogP contribution in [-0.4, -0.2) is 27.2 Å². The molecule has 2 nitrogen and oxygen atoms in total. The van der Waals surface area contributed by atoms with Crippen molar-refractivity contribution in [1.82, 2.24) is 0 Å². The van der Waals surface area contributed by atoms with E-state index in [9.17, 15) is 5.11 Å². The number of hydrogen-bond donors (Lipinski definition) is 2. The Kier molecular flexibility index (Phi) is 5.30. The lowest BCUT2D eigenvalue weighted by molar-refractivity contribution is 0.0319. The molecule has 0 saturated carbocycles. The second kappa shape index (κ2) is 5.12. The summed E-state index contributed by atoms with van der Waals surface area (Å²) in [5, 5.41) is 19.3.